The minimum atomic E-state index is 0.527. The van der Waals surface area contributed by atoms with E-state index in [1.165, 1.54) is 10.8 Å². The zero-order valence-electron chi connectivity index (χ0n) is 34.2. The topological polar surface area (TPSA) is 66.6 Å². The van der Waals surface area contributed by atoms with E-state index in [2.05, 4.69) is 184 Å². The smallest absolute Gasteiger partial charge is 0.238 e. The summed E-state index contributed by atoms with van der Waals surface area (Å²) in [6, 6.07) is 72.6. The highest BCUT2D eigenvalue weighted by molar-refractivity contribution is 6.26. The highest BCUT2D eigenvalue weighted by atomic mass is 16.3. The van der Waals surface area contributed by atoms with Gasteiger partial charge in [-0.3, -0.25) is 4.57 Å². The molecule has 5 heterocycles. The lowest BCUT2D eigenvalue weighted by atomic mass is 10.1. The summed E-state index contributed by atoms with van der Waals surface area (Å²) >= 11 is 0. The molecule has 9 aromatic carbocycles. The normalized spacial score (nSPS) is 12.1. The molecule has 0 saturated carbocycles. The second-order valence-electron chi connectivity index (χ2n) is 16.4. The average molecular weight is 819 g/mol. The van der Waals surface area contributed by atoms with Crippen LogP contribution in [-0.2, 0) is 0 Å². The second-order valence-corrected chi connectivity index (χ2v) is 16.4. The van der Waals surface area contributed by atoms with Crippen LogP contribution in [0.5, 0.6) is 0 Å². The van der Waals surface area contributed by atoms with Crippen molar-refractivity contribution in [3.8, 4) is 40.1 Å². The predicted molar refractivity (Wildman–Crippen MR) is 261 cm³/mol. The number of benzene rings is 9. The Morgan fingerprint density at radius 3 is 1.53 bits per heavy atom. The van der Waals surface area contributed by atoms with Crippen LogP contribution in [-0.4, -0.2) is 28.7 Å². The zero-order chi connectivity index (χ0) is 41.9. The SMILES string of the molecule is c1ccc(-c2nc(-c3ccc4c(c3)oc3ccccc34)nc(-n3c4ccccc4c4c(-n5c6ccccc6c6ccccc65)c5c(cc43)c3ccccc3n5-c3ccccc3)n2)cc1. The van der Waals surface area contributed by atoms with Crippen molar-refractivity contribution < 1.29 is 4.42 Å². The zero-order valence-corrected chi connectivity index (χ0v) is 34.2. The van der Waals surface area contributed by atoms with Crippen molar-refractivity contribution in [2.45, 2.75) is 0 Å². The van der Waals surface area contributed by atoms with Gasteiger partial charge in [-0.15, -0.1) is 0 Å². The molecule has 298 valence electrons. The number of hydrogen-bond acceptors (Lipinski definition) is 4. The maximum atomic E-state index is 6.39. The van der Waals surface area contributed by atoms with Crippen LogP contribution in [0.4, 0.5) is 0 Å². The van der Waals surface area contributed by atoms with Gasteiger partial charge >= 0.3 is 0 Å². The molecule has 64 heavy (non-hydrogen) atoms. The molecule has 0 radical (unpaired) electrons. The Hall–Kier alpha value is -8.81. The van der Waals surface area contributed by atoms with Crippen molar-refractivity contribution in [2.24, 2.45) is 0 Å². The monoisotopic (exact) mass is 818 g/mol. The molecule has 0 N–H and O–H groups in total. The van der Waals surface area contributed by atoms with E-state index in [0.29, 0.717) is 17.6 Å². The molecule has 5 aromatic heterocycles. The van der Waals surface area contributed by atoms with E-state index >= 15 is 0 Å². The van der Waals surface area contributed by atoms with Crippen LogP contribution < -0.4 is 0 Å². The number of nitrogens with zero attached hydrogens (tertiary/aromatic N) is 6. The Morgan fingerprint density at radius 2 is 0.844 bits per heavy atom. The fraction of sp³-hybridized carbons (Fsp3) is 0. The van der Waals surface area contributed by atoms with Crippen LogP contribution >= 0.6 is 0 Å². The van der Waals surface area contributed by atoms with E-state index in [9.17, 15) is 0 Å². The number of hydrogen-bond donors (Lipinski definition) is 0. The van der Waals surface area contributed by atoms with Crippen molar-refractivity contribution in [1.29, 1.82) is 0 Å². The molecule has 0 atom stereocenters. The Bertz CT molecular complexity index is 4140. The van der Waals surface area contributed by atoms with Crippen LogP contribution in [0.2, 0.25) is 0 Å². The van der Waals surface area contributed by atoms with Crippen molar-refractivity contribution in [3.05, 3.63) is 206 Å². The number of furan rings is 1. The van der Waals surface area contributed by atoms with Crippen LogP contribution in [0, 0.1) is 0 Å². The van der Waals surface area contributed by atoms with E-state index in [1.54, 1.807) is 0 Å². The maximum Gasteiger partial charge on any atom is 0.238 e. The minimum absolute atomic E-state index is 0.527. The van der Waals surface area contributed by atoms with Gasteiger partial charge < -0.3 is 13.6 Å². The Kier molecular flexibility index (Phi) is 7.27. The predicted octanol–water partition coefficient (Wildman–Crippen LogP) is 14.4. The molecule has 0 amide bonds. The quantitative estimate of drug-likeness (QED) is 0.173. The number of rotatable bonds is 5. The number of para-hydroxylation sites is 6. The van der Waals surface area contributed by atoms with Gasteiger partial charge in [0.05, 0.1) is 38.8 Å². The summed E-state index contributed by atoms with van der Waals surface area (Å²) in [6.07, 6.45) is 0. The first kappa shape index (κ1) is 34.9. The molecule has 14 aromatic rings. The van der Waals surface area contributed by atoms with Gasteiger partial charge in [-0.2, -0.15) is 9.97 Å². The van der Waals surface area contributed by atoms with Gasteiger partial charge in [0, 0.05) is 59.9 Å². The minimum Gasteiger partial charge on any atom is -0.456 e. The molecule has 0 aliphatic heterocycles. The lowest BCUT2D eigenvalue weighted by molar-refractivity contribution is 0.669. The molecule has 0 saturated heterocycles. The van der Waals surface area contributed by atoms with Crippen molar-refractivity contribution in [1.82, 2.24) is 28.7 Å². The van der Waals surface area contributed by atoms with Crippen LogP contribution in [0.25, 0.3) is 127 Å². The molecule has 0 aliphatic rings. The summed E-state index contributed by atoms with van der Waals surface area (Å²) in [5.74, 6) is 1.67. The Labute approximate surface area is 365 Å². The Morgan fingerprint density at radius 1 is 0.328 bits per heavy atom. The van der Waals surface area contributed by atoms with Gasteiger partial charge in [-0.1, -0.05) is 146 Å². The summed E-state index contributed by atoms with van der Waals surface area (Å²) in [7, 11) is 0. The van der Waals surface area contributed by atoms with Crippen LogP contribution in [0.15, 0.2) is 211 Å². The lowest BCUT2D eigenvalue weighted by Crippen LogP contribution is -2.07. The summed E-state index contributed by atoms with van der Waals surface area (Å²) in [5.41, 5.74) is 12.1. The van der Waals surface area contributed by atoms with Gasteiger partial charge in [0.15, 0.2) is 11.6 Å². The van der Waals surface area contributed by atoms with E-state index in [-0.39, 0.29) is 0 Å². The first-order chi connectivity index (χ1) is 31.8. The first-order valence-corrected chi connectivity index (χ1v) is 21.5. The van der Waals surface area contributed by atoms with Gasteiger partial charge in [0.2, 0.25) is 5.95 Å². The van der Waals surface area contributed by atoms with Crippen molar-refractivity contribution >= 4 is 87.4 Å². The molecular formula is C57H34N6O. The summed E-state index contributed by atoms with van der Waals surface area (Å²) in [4.78, 5) is 15.9. The summed E-state index contributed by atoms with van der Waals surface area (Å²) in [5, 5.41) is 9.00. The van der Waals surface area contributed by atoms with Crippen LogP contribution in [0.3, 0.4) is 0 Å². The van der Waals surface area contributed by atoms with Gasteiger partial charge in [0.1, 0.15) is 11.2 Å². The third-order valence-corrected chi connectivity index (χ3v) is 12.9. The molecule has 0 spiro atoms. The van der Waals surface area contributed by atoms with Crippen molar-refractivity contribution in [2.75, 3.05) is 0 Å². The van der Waals surface area contributed by atoms with Gasteiger partial charge in [-0.05, 0) is 60.7 Å². The van der Waals surface area contributed by atoms with E-state index in [0.717, 1.165) is 99.1 Å². The molecule has 0 aliphatic carbocycles. The fourth-order valence-corrected chi connectivity index (χ4v) is 10.2. The molecule has 7 nitrogen and oxygen atoms in total. The molecule has 7 heteroatoms. The number of fused-ring (bicyclic) bond motifs is 12. The van der Waals surface area contributed by atoms with Crippen LogP contribution in [0.1, 0.15) is 0 Å². The third-order valence-electron chi connectivity index (χ3n) is 12.9. The average Bonchev–Trinajstić information content (AvgIpc) is 4.10. The molecule has 14 rings (SSSR count). The lowest BCUT2D eigenvalue weighted by Gasteiger charge is -2.17. The third kappa shape index (κ3) is 4.94. The Balaban J connectivity index is 1.16. The maximum absolute atomic E-state index is 6.39. The van der Waals surface area contributed by atoms with Gasteiger partial charge in [-0.25, -0.2) is 4.98 Å². The van der Waals surface area contributed by atoms with Gasteiger partial charge in [0.25, 0.3) is 0 Å². The molecule has 0 unspecified atom stereocenters. The molecular weight excluding hydrogens is 785 g/mol. The summed E-state index contributed by atoms with van der Waals surface area (Å²) in [6.45, 7) is 0. The fourth-order valence-electron chi connectivity index (χ4n) is 10.2. The van der Waals surface area contributed by atoms with E-state index in [1.807, 2.05) is 36.4 Å². The van der Waals surface area contributed by atoms with E-state index < -0.39 is 0 Å². The standard InChI is InChI=1S/C57H34N6O/c1-3-17-35(18-4-1)55-58-56(36-31-32-42-41-24-11-16-30-50(41)64-51(42)33-36)60-57(59-55)63-48-29-15-10-25-43(48)52-49(63)34-44-40-23-9-12-26-45(40)61(37-19-5-2-6-20-37)53(44)54(52)62-46-27-13-7-21-38(46)39-22-8-14-28-47(39)62/h1-34H. The summed E-state index contributed by atoms with van der Waals surface area (Å²) < 4.78 is 13.6. The first-order valence-electron chi connectivity index (χ1n) is 21.5. The van der Waals surface area contributed by atoms with Crippen molar-refractivity contribution in [3.63, 3.8) is 0 Å². The highest BCUT2D eigenvalue weighted by Crippen LogP contribution is 2.47. The molecule has 0 fully saturated rings. The largest absolute Gasteiger partial charge is 0.456 e. The van der Waals surface area contributed by atoms with E-state index in [4.69, 9.17) is 19.4 Å². The molecule has 0 bridgehead atoms. The second kappa shape index (κ2) is 13.3. The number of aromatic nitrogens is 6. The highest BCUT2D eigenvalue weighted by Gasteiger charge is 2.27.